The van der Waals surface area contributed by atoms with E-state index in [1.165, 1.54) is 0 Å². The predicted molar refractivity (Wildman–Crippen MR) is 143 cm³/mol. The second-order valence-corrected chi connectivity index (χ2v) is 11.1. The van der Waals surface area contributed by atoms with E-state index in [0.29, 0.717) is 11.1 Å². The molecule has 0 bridgehead atoms. The molecule has 0 aliphatic carbocycles. The molecular formula is C25H31ClN8OS. The summed E-state index contributed by atoms with van der Waals surface area (Å²) >= 11 is 7.77. The zero-order valence-electron chi connectivity index (χ0n) is 20.0. The minimum absolute atomic E-state index is 0.0120. The van der Waals surface area contributed by atoms with Crippen molar-refractivity contribution in [2.24, 2.45) is 0 Å². The molecular weight excluding hydrogens is 496 g/mol. The van der Waals surface area contributed by atoms with Crippen LogP contribution in [0.15, 0.2) is 42.6 Å². The number of fused-ring (bicyclic) bond motifs is 1. The minimum Gasteiger partial charge on any atom is -0.354 e. The topological polar surface area (TPSA) is 97.5 Å². The highest BCUT2D eigenvalue weighted by Crippen LogP contribution is 2.31. The summed E-state index contributed by atoms with van der Waals surface area (Å²) in [7, 11) is 0. The average Bonchev–Trinajstić information content (AvgIpc) is 3.33. The van der Waals surface area contributed by atoms with Crippen molar-refractivity contribution in [3.63, 3.8) is 0 Å². The first-order valence-electron chi connectivity index (χ1n) is 12.6. The van der Waals surface area contributed by atoms with Crippen LogP contribution in [0.4, 0.5) is 5.82 Å². The van der Waals surface area contributed by atoms with Crippen molar-refractivity contribution in [3.8, 4) is 0 Å². The second kappa shape index (κ2) is 10.6. The van der Waals surface area contributed by atoms with Gasteiger partial charge in [-0.3, -0.25) is 20.3 Å². The Kier molecular flexibility index (Phi) is 7.05. The summed E-state index contributed by atoms with van der Waals surface area (Å²) in [6.45, 7) is 5.18. The van der Waals surface area contributed by atoms with Crippen LogP contribution in [0.2, 0.25) is 5.02 Å². The zero-order valence-corrected chi connectivity index (χ0v) is 21.6. The number of benzene rings is 1. The number of nitrogens with zero attached hydrogens (tertiary/aromatic N) is 4. The maximum absolute atomic E-state index is 13.6. The molecule has 3 aromatic rings. The Bertz CT molecular complexity index is 1180. The first kappa shape index (κ1) is 24.0. The lowest BCUT2D eigenvalue weighted by Crippen LogP contribution is -2.72. The summed E-state index contributed by atoms with van der Waals surface area (Å²) in [5, 5.41) is 15.7. The third-order valence-corrected chi connectivity index (χ3v) is 8.59. The number of halogens is 1. The van der Waals surface area contributed by atoms with Crippen LogP contribution >= 0.6 is 22.9 Å². The van der Waals surface area contributed by atoms with Crippen molar-refractivity contribution in [2.75, 3.05) is 44.2 Å². The number of nitrogens with one attached hydrogen (secondary N) is 4. The Balaban J connectivity index is 1.19. The smallest absolute Gasteiger partial charge is 0.235 e. The summed E-state index contributed by atoms with van der Waals surface area (Å²) in [6.07, 6.45) is 3.51. The molecule has 4 atom stereocenters. The Morgan fingerprint density at radius 2 is 2.00 bits per heavy atom. The van der Waals surface area contributed by atoms with Gasteiger partial charge >= 0.3 is 0 Å². The first-order valence-corrected chi connectivity index (χ1v) is 13.8. The lowest BCUT2D eigenvalue weighted by Gasteiger charge is -2.46. The number of hydrogen-bond donors (Lipinski definition) is 4. The van der Waals surface area contributed by atoms with Gasteiger partial charge in [0, 0.05) is 50.0 Å². The van der Waals surface area contributed by atoms with Crippen LogP contribution in [-0.2, 0) is 4.79 Å². The number of piperazine rings is 1. The van der Waals surface area contributed by atoms with Gasteiger partial charge in [0.05, 0.1) is 16.4 Å². The SMILES string of the molecule is O=C1NC(N2CCN(c3cc(Cl)ccn3)CC2)NC(N[C@@H]2CCCNC2)C1c1nc2ccccc2s1. The van der Waals surface area contributed by atoms with Crippen LogP contribution < -0.4 is 26.2 Å². The van der Waals surface area contributed by atoms with Gasteiger partial charge in [0.1, 0.15) is 23.0 Å². The van der Waals surface area contributed by atoms with E-state index < -0.39 is 5.92 Å². The van der Waals surface area contributed by atoms with Gasteiger partial charge in [-0.05, 0) is 43.7 Å². The summed E-state index contributed by atoms with van der Waals surface area (Å²) in [5.74, 6) is 0.513. The molecule has 3 unspecified atom stereocenters. The molecule has 3 aliphatic heterocycles. The largest absolute Gasteiger partial charge is 0.354 e. The van der Waals surface area contributed by atoms with Crippen LogP contribution in [-0.4, -0.2) is 78.5 Å². The third kappa shape index (κ3) is 5.06. The molecule has 1 aromatic carbocycles. The second-order valence-electron chi connectivity index (χ2n) is 9.62. The summed E-state index contributed by atoms with van der Waals surface area (Å²) in [6, 6.07) is 12.1. The Morgan fingerprint density at radius 3 is 2.78 bits per heavy atom. The number of amides is 1. The predicted octanol–water partition coefficient (Wildman–Crippen LogP) is 1.92. The maximum atomic E-state index is 13.6. The van der Waals surface area contributed by atoms with Gasteiger partial charge in [-0.25, -0.2) is 9.97 Å². The number of rotatable bonds is 5. The standard InChI is InChI=1S/C25H31ClN8OS/c26-16-7-9-28-20(14-16)33-10-12-34(13-11-33)25-31-22(29-17-4-3-8-27-15-17)21(23(35)32-25)24-30-18-5-1-2-6-19(18)36-24/h1-2,5-7,9,14,17,21-22,25,27,29,31H,3-4,8,10-13,15H2,(H,32,35)/t17-,21?,22?,25?/m1/s1. The molecule has 0 spiro atoms. The van der Waals surface area contributed by atoms with Crippen molar-refractivity contribution in [3.05, 3.63) is 52.6 Å². The molecule has 5 heterocycles. The Morgan fingerprint density at radius 1 is 1.14 bits per heavy atom. The zero-order chi connectivity index (χ0) is 24.5. The molecule has 1 amide bonds. The molecule has 190 valence electrons. The van der Waals surface area contributed by atoms with E-state index in [2.05, 4.69) is 42.1 Å². The molecule has 3 aliphatic rings. The van der Waals surface area contributed by atoms with Crippen LogP contribution in [0.25, 0.3) is 10.2 Å². The van der Waals surface area contributed by atoms with Crippen LogP contribution in [0.3, 0.4) is 0 Å². The molecule has 9 nitrogen and oxygen atoms in total. The number of anilines is 1. The van der Waals surface area contributed by atoms with E-state index in [4.69, 9.17) is 16.6 Å². The molecule has 2 aromatic heterocycles. The molecule has 4 N–H and O–H groups in total. The number of pyridine rings is 1. The summed E-state index contributed by atoms with van der Waals surface area (Å²) < 4.78 is 1.10. The van der Waals surface area contributed by atoms with Crippen molar-refractivity contribution >= 4 is 44.9 Å². The van der Waals surface area contributed by atoms with E-state index in [0.717, 1.165) is 73.2 Å². The van der Waals surface area contributed by atoms with Gasteiger partial charge in [-0.2, -0.15) is 0 Å². The number of aromatic nitrogens is 2. The molecule has 0 saturated carbocycles. The van der Waals surface area contributed by atoms with Crippen LogP contribution in [0.1, 0.15) is 23.8 Å². The third-order valence-electron chi connectivity index (χ3n) is 7.23. The van der Waals surface area contributed by atoms with Crippen LogP contribution in [0.5, 0.6) is 0 Å². The van der Waals surface area contributed by atoms with Crippen molar-refractivity contribution < 1.29 is 4.79 Å². The number of piperidine rings is 1. The van der Waals surface area contributed by atoms with E-state index in [1.807, 2.05) is 24.3 Å². The number of hydrogen-bond acceptors (Lipinski definition) is 9. The Hall–Kier alpha value is -2.34. The number of carbonyl (C=O) groups is 1. The molecule has 11 heteroatoms. The number of para-hydroxylation sites is 1. The molecule has 36 heavy (non-hydrogen) atoms. The maximum Gasteiger partial charge on any atom is 0.235 e. The van der Waals surface area contributed by atoms with E-state index in [-0.39, 0.29) is 18.4 Å². The highest BCUT2D eigenvalue weighted by Gasteiger charge is 2.42. The van der Waals surface area contributed by atoms with Crippen LogP contribution in [0, 0.1) is 0 Å². The lowest BCUT2D eigenvalue weighted by molar-refractivity contribution is -0.129. The normalized spacial score (nSPS) is 27.8. The fraction of sp³-hybridized carbons (Fsp3) is 0.480. The van der Waals surface area contributed by atoms with Gasteiger partial charge in [0.15, 0.2) is 0 Å². The summed E-state index contributed by atoms with van der Waals surface area (Å²) in [4.78, 5) is 27.4. The number of carbonyl (C=O) groups excluding carboxylic acids is 1. The van der Waals surface area contributed by atoms with Crippen molar-refractivity contribution in [1.82, 2.24) is 36.1 Å². The first-order chi connectivity index (χ1) is 17.6. The van der Waals surface area contributed by atoms with Crippen molar-refractivity contribution in [2.45, 2.75) is 37.3 Å². The minimum atomic E-state index is -0.391. The fourth-order valence-corrected chi connectivity index (χ4v) is 6.58. The molecule has 0 radical (unpaired) electrons. The quantitative estimate of drug-likeness (QED) is 0.400. The fourth-order valence-electron chi connectivity index (χ4n) is 5.33. The van der Waals surface area contributed by atoms with Gasteiger partial charge < -0.3 is 15.5 Å². The Labute approximate surface area is 219 Å². The van der Waals surface area contributed by atoms with Crippen molar-refractivity contribution in [1.29, 1.82) is 0 Å². The lowest BCUT2D eigenvalue weighted by atomic mass is 10.00. The van der Waals surface area contributed by atoms with E-state index in [9.17, 15) is 4.79 Å². The van der Waals surface area contributed by atoms with E-state index in [1.54, 1.807) is 23.6 Å². The summed E-state index contributed by atoms with van der Waals surface area (Å²) in [5.41, 5.74) is 0.941. The molecule has 3 saturated heterocycles. The molecule has 6 rings (SSSR count). The van der Waals surface area contributed by atoms with Gasteiger partial charge in [-0.1, -0.05) is 23.7 Å². The van der Waals surface area contributed by atoms with Gasteiger partial charge in [-0.15, -0.1) is 11.3 Å². The van der Waals surface area contributed by atoms with Gasteiger partial charge in [0.25, 0.3) is 0 Å². The highest BCUT2D eigenvalue weighted by atomic mass is 35.5. The average molecular weight is 527 g/mol. The van der Waals surface area contributed by atoms with Gasteiger partial charge in [0.2, 0.25) is 5.91 Å². The highest BCUT2D eigenvalue weighted by molar-refractivity contribution is 7.18. The number of thiazole rings is 1. The molecule has 3 fully saturated rings. The van der Waals surface area contributed by atoms with E-state index >= 15 is 0 Å². The monoisotopic (exact) mass is 526 g/mol.